The first-order valence-electron chi connectivity index (χ1n) is 24.1. The summed E-state index contributed by atoms with van der Waals surface area (Å²) in [6, 6.07) is -1.96. The lowest BCUT2D eigenvalue weighted by Crippen LogP contribution is -2.64. The average molecular weight is 1030 g/mol. The van der Waals surface area contributed by atoms with Gasteiger partial charge in [0.15, 0.2) is 11.9 Å². The average Bonchev–Trinajstić information content (AvgIpc) is 3.80. The highest BCUT2D eigenvalue weighted by Gasteiger charge is 2.68. The van der Waals surface area contributed by atoms with Crippen LogP contribution in [0.15, 0.2) is 24.3 Å². The molecule has 0 radical (unpaired) electrons. The number of hydrogen-bond donors (Lipinski definition) is 4. The summed E-state index contributed by atoms with van der Waals surface area (Å²) in [6.45, 7) is 14.1. The van der Waals surface area contributed by atoms with Crippen molar-refractivity contribution in [1.82, 2.24) is 25.8 Å². The Morgan fingerprint density at radius 3 is 2.04 bits per heavy atom. The van der Waals surface area contributed by atoms with Crippen LogP contribution < -0.4 is 20.7 Å². The molecular formula is C49H71F4N5O14. The fourth-order valence-corrected chi connectivity index (χ4v) is 8.26. The topological polar surface area (TPSA) is 253 Å². The summed E-state index contributed by atoms with van der Waals surface area (Å²) in [5, 5.41) is 18.0. The number of esters is 3. The zero-order valence-corrected chi connectivity index (χ0v) is 42.9. The third-order valence-electron chi connectivity index (χ3n) is 12.8. The van der Waals surface area contributed by atoms with E-state index < -0.39 is 144 Å². The molecule has 0 unspecified atom stereocenters. The van der Waals surface area contributed by atoms with Gasteiger partial charge in [-0.3, -0.25) is 33.6 Å². The summed E-state index contributed by atoms with van der Waals surface area (Å²) in [7, 11) is 2.63. The van der Waals surface area contributed by atoms with E-state index in [1.54, 1.807) is 45.0 Å². The quantitative estimate of drug-likeness (QED) is 0.0958. The van der Waals surface area contributed by atoms with Gasteiger partial charge in [-0.25, -0.2) is 9.59 Å². The number of nitrogens with zero attached hydrogens (tertiary/aromatic N) is 2. The number of benzene rings is 1. The smallest absolute Gasteiger partial charge is 0.413 e. The van der Waals surface area contributed by atoms with Crippen molar-refractivity contribution in [2.45, 2.75) is 174 Å². The molecule has 1 aromatic rings. The van der Waals surface area contributed by atoms with E-state index in [2.05, 4.69) is 15.4 Å². The predicted octanol–water partition coefficient (Wildman–Crippen LogP) is 3.29. The lowest BCUT2D eigenvalue weighted by Gasteiger charge is -2.35. The second-order valence-electron chi connectivity index (χ2n) is 19.6. The molecule has 0 aliphatic carbocycles. The second kappa shape index (κ2) is 25.7. The lowest BCUT2D eigenvalue weighted by atomic mass is 9.91. The maximum Gasteiger partial charge on any atom is 0.413 e. The van der Waals surface area contributed by atoms with Crippen LogP contribution in [0, 0.1) is 23.7 Å². The van der Waals surface area contributed by atoms with E-state index in [9.17, 15) is 48.3 Å². The Labute approximate surface area is 417 Å². The van der Waals surface area contributed by atoms with Gasteiger partial charge in [0.2, 0.25) is 23.6 Å². The minimum absolute atomic E-state index is 0.0386. The van der Waals surface area contributed by atoms with Gasteiger partial charge >= 0.3 is 29.8 Å². The molecule has 2 heterocycles. The summed E-state index contributed by atoms with van der Waals surface area (Å²) in [5.41, 5.74) is 0.409. The number of carbonyl (C=O) groups is 9. The Balaban J connectivity index is 2.28. The first kappa shape index (κ1) is 60.4. The number of aliphatic hydroxyl groups excluding tert-OH is 1. The zero-order valence-electron chi connectivity index (χ0n) is 42.9. The largest absolute Gasteiger partial charge is 0.497 e. The van der Waals surface area contributed by atoms with Crippen molar-refractivity contribution in [1.29, 1.82) is 0 Å². The van der Waals surface area contributed by atoms with E-state index in [1.807, 2.05) is 0 Å². The molecule has 2 fully saturated rings. The van der Waals surface area contributed by atoms with Gasteiger partial charge in [0.25, 0.3) is 5.91 Å². The van der Waals surface area contributed by atoms with Gasteiger partial charge in [-0.15, -0.1) is 0 Å². The molecule has 23 heteroatoms. The Morgan fingerprint density at radius 2 is 1.50 bits per heavy atom. The number of Topliss-reactive ketones (excluding diaryl/α,β-unsaturated/α-hetero) is 1. The number of ketones is 1. The van der Waals surface area contributed by atoms with Gasteiger partial charge in [-0.1, -0.05) is 60.1 Å². The maximum absolute atomic E-state index is 15.5. The monoisotopic (exact) mass is 1030 g/mol. The fourth-order valence-electron chi connectivity index (χ4n) is 8.26. The fraction of sp³-hybridized carbons (Fsp3) is 0.694. The number of aliphatic hydroxyl groups is 1. The van der Waals surface area contributed by atoms with Crippen molar-refractivity contribution in [2.75, 3.05) is 20.7 Å². The molecule has 0 bridgehead atoms. The first-order chi connectivity index (χ1) is 33.4. The van der Waals surface area contributed by atoms with Crippen molar-refractivity contribution in [3.63, 3.8) is 0 Å². The van der Waals surface area contributed by atoms with Gasteiger partial charge in [-0.05, 0) is 82.4 Å². The Morgan fingerprint density at radius 1 is 0.889 bits per heavy atom. The lowest BCUT2D eigenvalue weighted by molar-refractivity contribution is -0.228. The molecule has 0 spiro atoms. The van der Waals surface area contributed by atoms with Crippen molar-refractivity contribution in [3.05, 3.63) is 29.8 Å². The van der Waals surface area contributed by atoms with Crippen molar-refractivity contribution in [3.8, 4) is 5.75 Å². The summed E-state index contributed by atoms with van der Waals surface area (Å²) in [6.07, 6.45) is -7.47. The van der Waals surface area contributed by atoms with Crippen LogP contribution in [0.3, 0.4) is 0 Å². The number of alkyl halides is 4. The summed E-state index contributed by atoms with van der Waals surface area (Å²) in [4.78, 5) is 127. The Hall–Kier alpha value is -5.87. The van der Waals surface area contributed by atoms with Crippen molar-refractivity contribution in [2.24, 2.45) is 23.7 Å². The van der Waals surface area contributed by atoms with Crippen LogP contribution in [-0.2, 0) is 63.8 Å². The molecule has 0 aromatic heterocycles. The van der Waals surface area contributed by atoms with Crippen LogP contribution in [0.5, 0.6) is 5.75 Å². The highest BCUT2D eigenvalue weighted by atomic mass is 19.3. The molecule has 2 aliphatic rings. The minimum Gasteiger partial charge on any atom is -0.497 e. The number of carbonyl (C=O) groups excluding carboxylic acids is 9. The van der Waals surface area contributed by atoms with E-state index in [-0.39, 0.29) is 38.1 Å². The summed E-state index contributed by atoms with van der Waals surface area (Å²) < 4.78 is 81.9. The van der Waals surface area contributed by atoms with Crippen LogP contribution in [0.4, 0.5) is 17.6 Å². The number of hydrogen-bond acceptors (Lipinski definition) is 14. The maximum atomic E-state index is 15.5. The SMILES string of the molecule is CC[C@H](C)[C@H]1NC(=O)[C@@H](NC(=O)C(F)(F)C(F)(F)C(=O)OC(C)C)[C@H](C)OC(=O)[C@H](Cc2ccc(OC)cc2)N(C)C(=O)[C@@H]2CCCN2C(=O)[C@@H](CC(C)C)NC(=O)[C@@H](C)C(=O)[C@@H](C(C)C)OC(=O)C[C@H]1O. The van der Waals surface area contributed by atoms with Gasteiger partial charge in [0, 0.05) is 20.0 Å². The van der Waals surface area contributed by atoms with Gasteiger partial charge in [0.05, 0.1) is 37.7 Å². The van der Waals surface area contributed by atoms with E-state index >= 15 is 17.6 Å². The molecule has 4 N–H and O–H groups in total. The summed E-state index contributed by atoms with van der Waals surface area (Å²) in [5.74, 6) is -27.4. The number of halogens is 4. The standard InChI is InChI=1S/C49H71F4N5O14/c1-13-27(8)37-35(59)23-36(60)72-40(25(4)5)39(61)28(9)41(62)54-32(21-24(2)3)43(64)58-20-14-15-33(58)44(65)57(11)34(22-30-16-18-31(69-12)19-17-30)45(66)71-29(10)38(42(63)55-37)56-46(67)48(50,51)49(52,53)47(68)70-26(6)7/h16-19,24-29,32-35,37-38,40,59H,13-15,20-23H2,1-12H3,(H,54,62)(H,55,63)(H,56,67)/t27-,28-,29-,32+,33-,34-,35+,37+,38-,40+/m0/s1. The molecule has 3 rings (SSSR count). The molecule has 0 saturated carbocycles. The number of likely N-dealkylation sites (N-methyl/N-ethyl adjacent to an activating group) is 1. The molecule has 72 heavy (non-hydrogen) atoms. The van der Waals surface area contributed by atoms with E-state index in [4.69, 9.17) is 14.2 Å². The molecule has 2 aliphatic heterocycles. The van der Waals surface area contributed by atoms with Crippen molar-refractivity contribution < 1.29 is 84.8 Å². The summed E-state index contributed by atoms with van der Waals surface area (Å²) >= 11 is 0. The number of ether oxygens (including phenoxy) is 4. The van der Waals surface area contributed by atoms with Gasteiger partial charge in [-0.2, -0.15) is 17.6 Å². The number of rotatable bonds is 13. The molecule has 19 nitrogen and oxygen atoms in total. The first-order valence-corrected chi connectivity index (χ1v) is 24.1. The number of nitrogens with one attached hydrogen (secondary N) is 3. The van der Waals surface area contributed by atoms with Gasteiger partial charge < -0.3 is 49.8 Å². The zero-order chi connectivity index (χ0) is 54.7. The second-order valence-corrected chi connectivity index (χ2v) is 19.6. The van der Waals surface area contributed by atoms with Crippen LogP contribution >= 0.6 is 0 Å². The Kier molecular flexibility index (Phi) is 21.6. The number of fused-ring (bicyclic) bond motifs is 1. The predicted molar refractivity (Wildman–Crippen MR) is 249 cm³/mol. The Bertz CT molecular complexity index is 2130. The molecule has 5 amide bonds. The van der Waals surface area contributed by atoms with Crippen LogP contribution in [0.2, 0.25) is 0 Å². The molecule has 404 valence electrons. The molecule has 1 aromatic carbocycles. The third kappa shape index (κ3) is 14.9. The van der Waals surface area contributed by atoms with Gasteiger partial charge in [0.1, 0.15) is 36.0 Å². The highest BCUT2D eigenvalue weighted by molar-refractivity contribution is 6.05. The number of methoxy groups -OCH3 is 1. The number of cyclic esters (lactones) is 2. The highest BCUT2D eigenvalue weighted by Crippen LogP contribution is 2.36. The van der Waals surface area contributed by atoms with E-state index in [0.717, 1.165) is 25.7 Å². The number of amides is 5. The van der Waals surface area contributed by atoms with Crippen LogP contribution in [-0.4, -0.2) is 155 Å². The third-order valence-corrected chi connectivity index (χ3v) is 12.8. The minimum atomic E-state index is -5.90. The molecule has 10 atom stereocenters. The molecule has 2 saturated heterocycles. The normalized spacial score (nSPS) is 26.7. The van der Waals surface area contributed by atoms with E-state index in [0.29, 0.717) is 17.7 Å². The van der Waals surface area contributed by atoms with Crippen LogP contribution in [0.1, 0.15) is 107 Å². The molecular weight excluding hydrogens is 959 g/mol. The van der Waals surface area contributed by atoms with E-state index in [1.165, 1.54) is 52.1 Å². The van der Waals surface area contributed by atoms with Crippen LogP contribution in [0.25, 0.3) is 0 Å². The van der Waals surface area contributed by atoms with Crippen molar-refractivity contribution >= 4 is 53.2 Å².